The molecule has 8 heteroatoms. The van der Waals surface area contributed by atoms with E-state index in [0.717, 1.165) is 44.2 Å². The van der Waals surface area contributed by atoms with Crippen LogP contribution in [0.25, 0.3) is 0 Å². The molecule has 3 unspecified atom stereocenters. The molecule has 0 amide bonds. The highest BCUT2D eigenvalue weighted by molar-refractivity contribution is 5.25. The molecule has 2 heterocycles. The highest BCUT2D eigenvalue weighted by Gasteiger charge is 2.49. The van der Waals surface area contributed by atoms with Gasteiger partial charge in [0.05, 0.1) is 25.4 Å². The van der Waals surface area contributed by atoms with Gasteiger partial charge in [-0.05, 0) is 63.1 Å². The molecule has 1 aliphatic heterocycles. The number of halogens is 2. The summed E-state index contributed by atoms with van der Waals surface area (Å²) in [5, 5.41) is 4.19. The Morgan fingerprint density at radius 2 is 2.06 bits per heavy atom. The lowest BCUT2D eigenvalue weighted by Crippen LogP contribution is -2.45. The summed E-state index contributed by atoms with van der Waals surface area (Å²) < 4.78 is 42.5. The Bertz CT molecular complexity index is 908. The second kappa shape index (κ2) is 11.4. The molecular formula is C26H36F2N4O2. The lowest BCUT2D eigenvalue weighted by molar-refractivity contribution is -0.0606. The minimum absolute atomic E-state index is 0.101. The number of aromatic nitrogens is 3. The van der Waals surface area contributed by atoms with E-state index in [1.54, 1.807) is 17.1 Å². The maximum Gasteiger partial charge on any atom is 0.137 e. The minimum atomic E-state index is -1.46. The first kappa shape index (κ1) is 24.8. The van der Waals surface area contributed by atoms with Crippen molar-refractivity contribution < 1.29 is 18.3 Å². The normalized spacial score (nSPS) is 31.1. The summed E-state index contributed by atoms with van der Waals surface area (Å²) in [6.07, 6.45) is 15.8. The molecule has 2 aliphatic carbocycles. The van der Waals surface area contributed by atoms with Crippen molar-refractivity contribution in [1.82, 2.24) is 19.7 Å². The van der Waals surface area contributed by atoms with E-state index in [4.69, 9.17) is 9.47 Å². The summed E-state index contributed by atoms with van der Waals surface area (Å²) in [6, 6.07) is 0.422. The number of hydrogen-bond acceptors (Lipinski definition) is 5. The Labute approximate surface area is 201 Å². The van der Waals surface area contributed by atoms with E-state index in [1.165, 1.54) is 12.4 Å². The third kappa shape index (κ3) is 5.84. The SMILES string of the molecule is CCCN(CCC)C1C=CC(OC[C@@H]2CO[C@@](Cn3cncn3)(C3C=CC(F)=CC3F)C2)=CC1. The molecule has 1 aromatic heterocycles. The summed E-state index contributed by atoms with van der Waals surface area (Å²) >= 11 is 0. The van der Waals surface area contributed by atoms with E-state index >= 15 is 0 Å². The molecule has 6 nitrogen and oxygen atoms in total. The molecule has 4 rings (SSSR count). The summed E-state index contributed by atoms with van der Waals surface area (Å²) in [6.45, 7) is 7.93. The molecular weight excluding hydrogens is 438 g/mol. The van der Waals surface area contributed by atoms with Crippen LogP contribution in [-0.4, -0.2) is 63.8 Å². The van der Waals surface area contributed by atoms with Crippen molar-refractivity contribution in [3.05, 3.63) is 60.7 Å². The highest BCUT2D eigenvalue weighted by atomic mass is 19.1. The van der Waals surface area contributed by atoms with Crippen LogP contribution in [0.15, 0.2) is 60.7 Å². The Balaban J connectivity index is 1.36. The molecule has 1 saturated heterocycles. The fourth-order valence-corrected chi connectivity index (χ4v) is 5.31. The van der Waals surface area contributed by atoms with Gasteiger partial charge in [-0.2, -0.15) is 5.10 Å². The second-order valence-corrected chi connectivity index (χ2v) is 9.54. The lowest BCUT2D eigenvalue weighted by atomic mass is 9.77. The predicted octanol–water partition coefficient (Wildman–Crippen LogP) is 4.78. The molecule has 0 radical (unpaired) electrons. The molecule has 0 bridgehead atoms. The molecule has 186 valence electrons. The highest BCUT2D eigenvalue weighted by Crippen LogP contribution is 2.43. The number of hydrogen-bond donors (Lipinski definition) is 0. The van der Waals surface area contributed by atoms with Gasteiger partial charge in [0.2, 0.25) is 0 Å². The Morgan fingerprint density at radius 3 is 2.71 bits per heavy atom. The van der Waals surface area contributed by atoms with Crippen molar-refractivity contribution in [3.8, 4) is 0 Å². The molecule has 1 fully saturated rings. The van der Waals surface area contributed by atoms with Crippen LogP contribution in [0.5, 0.6) is 0 Å². The summed E-state index contributed by atoms with van der Waals surface area (Å²) in [4.78, 5) is 6.52. The first-order valence-electron chi connectivity index (χ1n) is 12.4. The zero-order valence-corrected chi connectivity index (χ0v) is 20.2. The van der Waals surface area contributed by atoms with Crippen LogP contribution in [0.1, 0.15) is 39.5 Å². The van der Waals surface area contributed by atoms with Crippen LogP contribution < -0.4 is 0 Å². The summed E-state index contributed by atoms with van der Waals surface area (Å²) in [7, 11) is 0. The van der Waals surface area contributed by atoms with Crippen LogP contribution in [0.2, 0.25) is 0 Å². The van der Waals surface area contributed by atoms with Gasteiger partial charge in [0.1, 0.15) is 30.4 Å². The van der Waals surface area contributed by atoms with Crippen molar-refractivity contribution in [1.29, 1.82) is 0 Å². The molecule has 5 atom stereocenters. The molecule has 0 aromatic carbocycles. The number of rotatable bonds is 11. The molecule has 0 saturated carbocycles. The van der Waals surface area contributed by atoms with Gasteiger partial charge in [0.15, 0.2) is 0 Å². The monoisotopic (exact) mass is 474 g/mol. The molecule has 34 heavy (non-hydrogen) atoms. The van der Waals surface area contributed by atoms with E-state index in [2.05, 4.69) is 47.1 Å². The van der Waals surface area contributed by atoms with Gasteiger partial charge in [-0.1, -0.05) is 26.0 Å². The standard InChI is InChI=1S/C26H36F2N4O2/c1-3-11-31(12-4-2)22-6-8-23(9-7-22)33-15-20-14-26(34-16-20,17-32-19-29-18-30-32)24-10-5-21(27)13-25(24)28/h5-6,8-10,13,18-20,22,24-25H,3-4,7,11-12,14-17H2,1-2H3/t20-,22?,24?,25?,26+/m1/s1. The molecule has 3 aliphatic rings. The zero-order chi connectivity index (χ0) is 24.0. The maximum absolute atomic E-state index is 14.9. The largest absolute Gasteiger partial charge is 0.494 e. The number of nitrogens with zero attached hydrogens (tertiary/aromatic N) is 4. The van der Waals surface area contributed by atoms with Gasteiger partial charge in [0, 0.05) is 17.9 Å². The fraction of sp³-hybridized carbons (Fsp3) is 0.615. The first-order chi connectivity index (χ1) is 16.5. The predicted molar refractivity (Wildman–Crippen MR) is 127 cm³/mol. The van der Waals surface area contributed by atoms with Crippen molar-refractivity contribution in [2.24, 2.45) is 11.8 Å². The van der Waals surface area contributed by atoms with Crippen molar-refractivity contribution in [2.75, 3.05) is 26.3 Å². The molecule has 0 N–H and O–H groups in total. The van der Waals surface area contributed by atoms with E-state index in [1.807, 2.05) is 0 Å². The van der Waals surface area contributed by atoms with Gasteiger partial charge in [-0.3, -0.25) is 9.58 Å². The van der Waals surface area contributed by atoms with Gasteiger partial charge < -0.3 is 9.47 Å². The Hall–Kier alpha value is -2.32. The number of ether oxygens (including phenoxy) is 2. The maximum atomic E-state index is 14.9. The van der Waals surface area contributed by atoms with E-state index in [-0.39, 0.29) is 5.92 Å². The molecule has 1 aromatic rings. The first-order valence-corrected chi connectivity index (χ1v) is 12.4. The van der Waals surface area contributed by atoms with Crippen LogP contribution >= 0.6 is 0 Å². The van der Waals surface area contributed by atoms with E-state index in [0.29, 0.717) is 32.2 Å². The number of allylic oxidation sites excluding steroid dienone is 4. The average Bonchev–Trinajstić information content (AvgIpc) is 3.49. The van der Waals surface area contributed by atoms with Crippen molar-refractivity contribution in [2.45, 2.75) is 63.9 Å². The lowest BCUT2D eigenvalue weighted by Gasteiger charge is -2.37. The Kier molecular flexibility index (Phi) is 8.32. The van der Waals surface area contributed by atoms with Crippen molar-refractivity contribution in [3.63, 3.8) is 0 Å². The smallest absolute Gasteiger partial charge is 0.137 e. The third-order valence-corrected chi connectivity index (χ3v) is 6.89. The third-order valence-electron chi connectivity index (χ3n) is 6.89. The van der Waals surface area contributed by atoms with Crippen LogP contribution in [0, 0.1) is 11.8 Å². The van der Waals surface area contributed by atoms with E-state index in [9.17, 15) is 8.78 Å². The minimum Gasteiger partial charge on any atom is -0.494 e. The van der Waals surface area contributed by atoms with Gasteiger partial charge >= 0.3 is 0 Å². The summed E-state index contributed by atoms with van der Waals surface area (Å²) in [5.41, 5.74) is -0.836. The Morgan fingerprint density at radius 1 is 1.24 bits per heavy atom. The topological polar surface area (TPSA) is 52.4 Å². The van der Waals surface area contributed by atoms with Crippen LogP contribution in [0.3, 0.4) is 0 Å². The van der Waals surface area contributed by atoms with Gasteiger partial charge in [0.25, 0.3) is 0 Å². The molecule has 0 spiro atoms. The van der Waals surface area contributed by atoms with E-state index < -0.39 is 23.5 Å². The second-order valence-electron chi connectivity index (χ2n) is 9.54. The van der Waals surface area contributed by atoms with Gasteiger partial charge in [-0.15, -0.1) is 0 Å². The zero-order valence-electron chi connectivity index (χ0n) is 20.2. The van der Waals surface area contributed by atoms with Crippen LogP contribution in [0.4, 0.5) is 8.78 Å². The number of alkyl halides is 1. The van der Waals surface area contributed by atoms with Crippen molar-refractivity contribution >= 4 is 0 Å². The summed E-state index contributed by atoms with van der Waals surface area (Å²) in [5.74, 6) is -0.172. The fourth-order valence-electron chi connectivity index (χ4n) is 5.31. The quantitative estimate of drug-likeness (QED) is 0.462. The van der Waals surface area contributed by atoms with Crippen LogP contribution in [-0.2, 0) is 16.0 Å². The average molecular weight is 475 g/mol. The van der Waals surface area contributed by atoms with Gasteiger partial charge in [-0.25, -0.2) is 13.8 Å².